The fourth-order valence-corrected chi connectivity index (χ4v) is 2.36. The van der Waals surface area contributed by atoms with Crippen molar-refractivity contribution in [2.45, 2.75) is 85.0 Å². The molecule has 0 saturated heterocycles. The number of nitrogens with zero attached hydrogens (tertiary/aromatic N) is 1. The van der Waals surface area contributed by atoms with Crippen LogP contribution in [-0.4, -0.2) is 39.2 Å². The van der Waals surface area contributed by atoms with Crippen molar-refractivity contribution in [1.29, 1.82) is 0 Å². The van der Waals surface area contributed by atoms with E-state index in [1.165, 1.54) is 83.8 Å². The Labute approximate surface area is 137 Å². The molecular formula is C16H38NO4P. The summed E-state index contributed by atoms with van der Waals surface area (Å²) in [5.74, 6) is 0. The first-order valence-electron chi connectivity index (χ1n) is 8.85. The van der Waals surface area contributed by atoms with Gasteiger partial charge in [-0.25, -0.2) is 4.57 Å². The van der Waals surface area contributed by atoms with E-state index in [-0.39, 0.29) is 0 Å². The van der Waals surface area contributed by atoms with Crippen LogP contribution in [0.5, 0.6) is 0 Å². The summed E-state index contributed by atoms with van der Waals surface area (Å²) < 4.78 is 8.88. The van der Waals surface area contributed by atoms with Crippen molar-refractivity contribution in [3.8, 4) is 0 Å². The van der Waals surface area contributed by atoms with E-state index in [1.807, 2.05) is 0 Å². The van der Waals surface area contributed by atoms with Crippen LogP contribution < -0.4 is 0 Å². The van der Waals surface area contributed by atoms with Gasteiger partial charge in [-0.2, -0.15) is 0 Å². The molecule has 6 heteroatoms. The molecule has 0 unspecified atom stereocenters. The molecule has 0 aromatic heterocycles. The van der Waals surface area contributed by atoms with Gasteiger partial charge in [-0.05, 0) is 26.1 Å². The molecule has 136 valence electrons. The van der Waals surface area contributed by atoms with Gasteiger partial charge in [0.2, 0.25) is 0 Å². The highest BCUT2D eigenvalue weighted by atomic mass is 31.2. The van der Waals surface area contributed by atoms with Crippen molar-refractivity contribution in [2.24, 2.45) is 0 Å². The van der Waals surface area contributed by atoms with Crippen LogP contribution >= 0.6 is 7.82 Å². The summed E-state index contributed by atoms with van der Waals surface area (Å²) in [6.45, 7) is 10.6. The molecule has 3 N–H and O–H groups in total. The van der Waals surface area contributed by atoms with Crippen LogP contribution in [0.25, 0.3) is 0 Å². The maximum Gasteiger partial charge on any atom is 0.466 e. The van der Waals surface area contributed by atoms with E-state index in [0.717, 1.165) is 0 Å². The maximum atomic E-state index is 8.88. The third-order valence-electron chi connectivity index (χ3n) is 3.72. The molecule has 0 fully saturated rings. The Bertz CT molecular complexity index is 246. The summed E-state index contributed by atoms with van der Waals surface area (Å²) in [6.07, 6.45) is 14.4. The van der Waals surface area contributed by atoms with Crippen LogP contribution in [0.1, 0.15) is 85.0 Å². The van der Waals surface area contributed by atoms with E-state index in [4.69, 9.17) is 19.2 Å². The summed E-state index contributed by atoms with van der Waals surface area (Å²) in [5.41, 5.74) is 0. The molecule has 0 radical (unpaired) electrons. The molecule has 0 spiro atoms. The van der Waals surface area contributed by atoms with Crippen molar-refractivity contribution in [2.75, 3.05) is 19.6 Å². The van der Waals surface area contributed by atoms with Gasteiger partial charge in [-0.15, -0.1) is 0 Å². The largest absolute Gasteiger partial charge is 0.466 e. The quantitative estimate of drug-likeness (QED) is 0.344. The molecule has 5 nitrogen and oxygen atoms in total. The Hall–Kier alpha value is 0.0700. The lowest BCUT2D eigenvalue weighted by molar-refractivity contribution is 0.275. The Balaban J connectivity index is 0. The molecule has 0 bridgehead atoms. The van der Waals surface area contributed by atoms with Gasteiger partial charge in [-0.1, -0.05) is 78.6 Å². The zero-order valence-corrected chi connectivity index (χ0v) is 15.7. The minimum atomic E-state index is -4.64. The van der Waals surface area contributed by atoms with Gasteiger partial charge in [-0.3, -0.25) is 0 Å². The van der Waals surface area contributed by atoms with E-state index in [9.17, 15) is 0 Å². The third-order valence-corrected chi connectivity index (χ3v) is 3.72. The first-order chi connectivity index (χ1) is 10.3. The normalized spacial score (nSPS) is 11.4. The molecule has 0 aliphatic heterocycles. The monoisotopic (exact) mass is 339 g/mol. The second-order valence-electron chi connectivity index (χ2n) is 5.72. The highest BCUT2D eigenvalue weighted by molar-refractivity contribution is 7.45. The Kier molecular flexibility index (Phi) is 19.3. The molecule has 0 amide bonds. The van der Waals surface area contributed by atoms with E-state index >= 15 is 0 Å². The second kappa shape index (κ2) is 17.4. The van der Waals surface area contributed by atoms with Crippen molar-refractivity contribution in [1.82, 2.24) is 4.90 Å². The van der Waals surface area contributed by atoms with Crippen molar-refractivity contribution >= 4 is 7.82 Å². The van der Waals surface area contributed by atoms with Crippen molar-refractivity contribution in [3.63, 3.8) is 0 Å². The zero-order chi connectivity index (χ0) is 17.3. The van der Waals surface area contributed by atoms with Gasteiger partial charge in [0.25, 0.3) is 0 Å². The molecule has 0 heterocycles. The summed E-state index contributed by atoms with van der Waals surface area (Å²) in [6, 6.07) is 0. The number of phosphoric acid groups is 1. The van der Waals surface area contributed by atoms with Gasteiger partial charge in [0.05, 0.1) is 0 Å². The summed E-state index contributed by atoms with van der Waals surface area (Å²) >= 11 is 0. The molecule has 0 aliphatic rings. The van der Waals surface area contributed by atoms with Gasteiger partial charge in [0.1, 0.15) is 0 Å². The number of hydrogen-bond donors (Lipinski definition) is 3. The van der Waals surface area contributed by atoms with E-state index in [0.29, 0.717) is 0 Å². The molecule has 0 rings (SSSR count). The lowest BCUT2D eigenvalue weighted by Crippen LogP contribution is -2.23. The lowest BCUT2D eigenvalue weighted by Gasteiger charge is -2.17. The van der Waals surface area contributed by atoms with Crippen LogP contribution in [0.2, 0.25) is 0 Å². The minimum absolute atomic E-state index is 1.22. The lowest BCUT2D eigenvalue weighted by atomic mass is 10.1. The molecule has 0 aromatic carbocycles. The molecular weight excluding hydrogens is 301 g/mol. The molecule has 0 aliphatic carbocycles. The van der Waals surface area contributed by atoms with Gasteiger partial charge >= 0.3 is 7.82 Å². The molecule has 0 aromatic rings. The van der Waals surface area contributed by atoms with E-state index in [1.54, 1.807) is 0 Å². The average Bonchev–Trinajstić information content (AvgIpc) is 2.43. The van der Waals surface area contributed by atoms with Crippen molar-refractivity contribution in [3.05, 3.63) is 0 Å². The van der Waals surface area contributed by atoms with Crippen LogP contribution in [0.15, 0.2) is 0 Å². The number of rotatable bonds is 13. The van der Waals surface area contributed by atoms with E-state index < -0.39 is 7.82 Å². The number of hydrogen-bond acceptors (Lipinski definition) is 2. The molecule has 22 heavy (non-hydrogen) atoms. The summed E-state index contributed by atoms with van der Waals surface area (Å²) in [7, 11) is -4.64. The number of unbranched alkanes of at least 4 members (excludes halogenated alkanes) is 9. The van der Waals surface area contributed by atoms with Crippen LogP contribution in [0, 0.1) is 0 Å². The highest BCUT2D eigenvalue weighted by Crippen LogP contribution is 2.25. The first-order valence-corrected chi connectivity index (χ1v) is 10.4. The Morgan fingerprint density at radius 3 is 1.32 bits per heavy atom. The topological polar surface area (TPSA) is 81.0 Å². The van der Waals surface area contributed by atoms with Crippen LogP contribution in [0.4, 0.5) is 0 Å². The van der Waals surface area contributed by atoms with Crippen molar-refractivity contribution < 1.29 is 19.2 Å². The average molecular weight is 339 g/mol. The van der Waals surface area contributed by atoms with Gasteiger partial charge in [0.15, 0.2) is 0 Å². The second-order valence-corrected chi connectivity index (χ2v) is 6.75. The minimum Gasteiger partial charge on any atom is -0.304 e. The third kappa shape index (κ3) is 28.3. The predicted molar refractivity (Wildman–Crippen MR) is 93.9 cm³/mol. The van der Waals surface area contributed by atoms with Gasteiger partial charge < -0.3 is 19.6 Å². The van der Waals surface area contributed by atoms with Crippen LogP contribution in [-0.2, 0) is 4.57 Å². The Morgan fingerprint density at radius 2 is 1.00 bits per heavy atom. The molecule has 0 atom stereocenters. The fourth-order valence-electron chi connectivity index (χ4n) is 2.36. The fraction of sp³-hybridized carbons (Fsp3) is 1.00. The Morgan fingerprint density at radius 1 is 0.682 bits per heavy atom. The zero-order valence-electron chi connectivity index (χ0n) is 14.8. The van der Waals surface area contributed by atoms with Crippen LogP contribution in [0.3, 0.4) is 0 Å². The standard InChI is InChI=1S/C16H35N.H3O4P/c1-4-7-8-9-10-11-12-13-14-15-16-17(5-2)6-3;1-5(2,3)4/h4-16H2,1-3H3;(H3,1,2,3,4). The maximum absolute atomic E-state index is 8.88. The summed E-state index contributed by atoms with van der Waals surface area (Å²) in [4.78, 5) is 24.1. The predicted octanol–water partition coefficient (Wildman–Crippen LogP) is 4.32. The first kappa shape index (κ1) is 24.3. The smallest absolute Gasteiger partial charge is 0.304 e. The SMILES string of the molecule is CCCCCCCCCCCCN(CC)CC.O=P(O)(O)O. The van der Waals surface area contributed by atoms with E-state index in [2.05, 4.69) is 25.7 Å². The highest BCUT2D eigenvalue weighted by Gasteiger charge is 2.00. The van der Waals surface area contributed by atoms with Gasteiger partial charge in [0, 0.05) is 0 Å². The molecule has 0 saturated carbocycles. The summed E-state index contributed by atoms with van der Waals surface area (Å²) in [5, 5.41) is 0.